The van der Waals surface area contributed by atoms with Crippen molar-refractivity contribution in [2.45, 2.75) is 13.8 Å². The van der Waals surface area contributed by atoms with Crippen LogP contribution in [-0.4, -0.2) is 7.05 Å². The first-order valence-corrected chi connectivity index (χ1v) is 10.1. The van der Waals surface area contributed by atoms with Gasteiger partial charge in [0.25, 0.3) is 0 Å². The minimum absolute atomic E-state index is 1.14. The zero-order valence-corrected chi connectivity index (χ0v) is 17.4. The fraction of sp³-hybridized carbons (Fsp3) is 0.111. The van der Waals surface area contributed by atoms with Gasteiger partial charge in [-0.05, 0) is 60.7 Å². The summed E-state index contributed by atoms with van der Waals surface area (Å²) in [6, 6.07) is 40.0. The van der Waals surface area contributed by atoms with Crippen LogP contribution >= 0.6 is 0 Å². The van der Waals surface area contributed by atoms with Gasteiger partial charge in [-0.25, -0.2) is 0 Å². The normalized spacial score (nSPS) is 9.90. The Kier molecular flexibility index (Phi) is 7.07. The van der Waals surface area contributed by atoms with E-state index in [1.807, 2.05) is 32.0 Å². The summed E-state index contributed by atoms with van der Waals surface area (Å²) in [5, 5.41) is 0. The summed E-state index contributed by atoms with van der Waals surface area (Å²) in [6.45, 7) is 4.00. The standard InChI is InChI=1S/C25H22N2.C2H6/c1-26(21-11-5-2-6-12-21)22-17-19-25(20-18-22)27(23-13-7-3-8-14-23)24-15-9-4-10-16-24;1-2/h2-20H,1H3;1-2H3. The Morgan fingerprint density at radius 3 is 1.07 bits per heavy atom. The van der Waals surface area contributed by atoms with E-state index in [1.54, 1.807) is 0 Å². The van der Waals surface area contributed by atoms with Crippen molar-refractivity contribution in [1.82, 2.24) is 0 Å². The highest BCUT2D eigenvalue weighted by atomic mass is 15.1. The molecule has 4 aromatic carbocycles. The number of hydrogen-bond acceptors (Lipinski definition) is 2. The van der Waals surface area contributed by atoms with Crippen LogP contribution in [0.1, 0.15) is 13.8 Å². The van der Waals surface area contributed by atoms with Crippen molar-refractivity contribution in [2.24, 2.45) is 0 Å². The average molecular weight is 381 g/mol. The van der Waals surface area contributed by atoms with Gasteiger partial charge in [-0.2, -0.15) is 0 Å². The summed E-state index contributed by atoms with van der Waals surface area (Å²) < 4.78 is 0. The second-order valence-corrected chi connectivity index (χ2v) is 6.42. The number of nitrogens with zero attached hydrogens (tertiary/aromatic N) is 2. The zero-order chi connectivity index (χ0) is 20.5. The first kappa shape index (κ1) is 20.2. The van der Waals surface area contributed by atoms with Crippen LogP contribution in [-0.2, 0) is 0 Å². The van der Waals surface area contributed by atoms with E-state index in [4.69, 9.17) is 0 Å². The maximum Gasteiger partial charge on any atom is 0.0463 e. The van der Waals surface area contributed by atoms with Gasteiger partial charge in [0.2, 0.25) is 0 Å². The van der Waals surface area contributed by atoms with Crippen LogP contribution in [0.5, 0.6) is 0 Å². The molecule has 0 bridgehead atoms. The van der Waals surface area contributed by atoms with Crippen molar-refractivity contribution in [2.75, 3.05) is 16.8 Å². The van der Waals surface area contributed by atoms with Gasteiger partial charge in [0.05, 0.1) is 0 Å². The van der Waals surface area contributed by atoms with E-state index in [0.717, 1.165) is 22.7 Å². The first-order valence-electron chi connectivity index (χ1n) is 10.1. The topological polar surface area (TPSA) is 6.48 Å². The van der Waals surface area contributed by atoms with Crippen molar-refractivity contribution in [3.63, 3.8) is 0 Å². The summed E-state index contributed by atoms with van der Waals surface area (Å²) in [7, 11) is 2.09. The molecule has 2 heteroatoms. The van der Waals surface area contributed by atoms with E-state index in [2.05, 4.69) is 114 Å². The second kappa shape index (κ2) is 10.1. The van der Waals surface area contributed by atoms with Crippen molar-refractivity contribution in [3.05, 3.63) is 115 Å². The lowest BCUT2D eigenvalue weighted by Crippen LogP contribution is -2.11. The predicted octanol–water partition coefficient (Wildman–Crippen LogP) is 7.95. The summed E-state index contributed by atoms with van der Waals surface area (Å²) in [4.78, 5) is 4.46. The van der Waals surface area contributed by atoms with Gasteiger partial charge in [-0.1, -0.05) is 68.4 Å². The highest BCUT2D eigenvalue weighted by molar-refractivity contribution is 5.77. The largest absolute Gasteiger partial charge is 0.345 e. The number of para-hydroxylation sites is 3. The third kappa shape index (κ3) is 4.85. The predicted molar refractivity (Wildman–Crippen MR) is 127 cm³/mol. The Labute approximate surface area is 174 Å². The SMILES string of the molecule is CC.CN(c1ccccc1)c1ccc(N(c2ccccc2)c2ccccc2)cc1. The monoisotopic (exact) mass is 380 g/mol. The average Bonchev–Trinajstić information content (AvgIpc) is 2.83. The molecule has 0 unspecified atom stereocenters. The zero-order valence-electron chi connectivity index (χ0n) is 17.4. The molecule has 0 aliphatic carbocycles. The van der Waals surface area contributed by atoms with Crippen LogP contribution in [0.15, 0.2) is 115 Å². The first-order chi connectivity index (χ1) is 14.3. The van der Waals surface area contributed by atoms with Gasteiger partial charge < -0.3 is 9.80 Å². The van der Waals surface area contributed by atoms with Gasteiger partial charge >= 0.3 is 0 Å². The maximum atomic E-state index is 2.27. The second-order valence-electron chi connectivity index (χ2n) is 6.42. The molecule has 0 aromatic heterocycles. The Hall–Kier alpha value is -3.52. The molecule has 0 aliphatic rings. The van der Waals surface area contributed by atoms with Crippen LogP contribution in [0.2, 0.25) is 0 Å². The molecule has 0 saturated heterocycles. The van der Waals surface area contributed by atoms with Crippen LogP contribution in [0.25, 0.3) is 0 Å². The Morgan fingerprint density at radius 1 is 0.379 bits per heavy atom. The Bertz CT molecular complexity index is 926. The summed E-state index contributed by atoms with van der Waals surface area (Å²) in [5.41, 5.74) is 5.76. The third-order valence-electron chi connectivity index (χ3n) is 4.67. The number of hydrogen-bond donors (Lipinski definition) is 0. The lowest BCUT2D eigenvalue weighted by Gasteiger charge is -2.26. The van der Waals surface area contributed by atoms with Crippen molar-refractivity contribution in [3.8, 4) is 0 Å². The number of rotatable bonds is 5. The highest BCUT2D eigenvalue weighted by Crippen LogP contribution is 2.35. The van der Waals surface area contributed by atoms with Crippen molar-refractivity contribution in [1.29, 1.82) is 0 Å². The maximum absolute atomic E-state index is 2.27. The van der Waals surface area contributed by atoms with Crippen LogP contribution in [0, 0.1) is 0 Å². The van der Waals surface area contributed by atoms with E-state index >= 15 is 0 Å². The van der Waals surface area contributed by atoms with Crippen LogP contribution in [0.3, 0.4) is 0 Å². The van der Waals surface area contributed by atoms with Gasteiger partial charge in [0.1, 0.15) is 0 Å². The molecule has 2 nitrogen and oxygen atoms in total. The third-order valence-corrected chi connectivity index (χ3v) is 4.67. The summed E-state index contributed by atoms with van der Waals surface area (Å²) >= 11 is 0. The van der Waals surface area contributed by atoms with E-state index in [1.165, 1.54) is 5.69 Å². The van der Waals surface area contributed by atoms with E-state index < -0.39 is 0 Å². The summed E-state index contributed by atoms with van der Waals surface area (Å²) in [6.07, 6.45) is 0. The molecule has 0 saturated carbocycles. The molecular formula is C27H28N2. The minimum atomic E-state index is 1.14. The molecule has 0 spiro atoms. The molecule has 0 amide bonds. The molecule has 0 radical (unpaired) electrons. The summed E-state index contributed by atoms with van der Waals surface area (Å²) in [5.74, 6) is 0. The molecule has 0 aliphatic heterocycles. The van der Waals surface area contributed by atoms with E-state index in [-0.39, 0.29) is 0 Å². The number of benzene rings is 4. The molecule has 29 heavy (non-hydrogen) atoms. The Morgan fingerprint density at radius 2 is 0.655 bits per heavy atom. The van der Waals surface area contributed by atoms with E-state index in [9.17, 15) is 0 Å². The molecule has 146 valence electrons. The number of anilines is 5. The van der Waals surface area contributed by atoms with Gasteiger partial charge in [0, 0.05) is 35.5 Å². The molecule has 4 aromatic rings. The van der Waals surface area contributed by atoms with Gasteiger partial charge in [-0.3, -0.25) is 0 Å². The fourth-order valence-corrected chi connectivity index (χ4v) is 3.23. The molecule has 0 N–H and O–H groups in total. The van der Waals surface area contributed by atoms with Gasteiger partial charge in [0.15, 0.2) is 0 Å². The molecule has 0 heterocycles. The quantitative estimate of drug-likeness (QED) is 0.346. The minimum Gasteiger partial charge on any atom is -0.345 e. The van der Waals surface area contributed by atoms with Crippen molar-refractivity contribution < 1.29 is 0 Å². The van der Waals surface area contributed by atoms with Crippen LogP contribution < -0.4 is 9.80 Å². The van der Waals surface area contributed by atoms with E-state index in [0.29, 0.717) is 0 Å². The lowest BCUT2D eigenvalue weighted by atomic mass is 10.1. The molecular weight excluding hydrogens is 352 g/mol. The molecule has 4 rings (SSSR count). The lowest BCUT2D eigenvalue weighted by molar-refractivity contribution is 1.20. The molecule has 0 fully saturated rings. The smallest absolute Gasteiger partial charge is 0.0463 e. The molecule has 0 atom stereocenters. The van der Waals surface area contributed by atoms with Gasteiger partial charge in [-0.15, -0.1) is 0 Å². The Balaban J connectivity index is 0.00000117. The highest BCUT2D eigenvalue weighted by Gasteiger charge is 2.12. The fourth-order valence-electron chi connectivity index (χ4n) is 3.23. The van der Waals surface area contributed by atoms with Crippen LogP contribution in [0.4, 0.5) is 28.4 Å². The van der Waals surface area contributed by atoms with Crippen molar-refractivity contribution >= 4 is 28.4 Å².